The molecule has 1 rings (SSSR count). The van der Waals surface area contributed by atoms with Crippen molar-refractivity contribution < 1.29 is 17.9 Å². The van der Waals surface area contributed by atoms with Gasteiger partial charge in [-0.2, -0.15) is 0 Å². The quantitative estimate of drug-likeness (QED) is 0.674. The van der Waals surface area contributed by atoms with Crippen LogP contribution in [-0.4, -0.2) is 38.3 Å². The molecule has 24 heavy (non-hydrogen) atoms. The zero-order valence-electron chi connectivity index (χ0n) is 15.1. The minimum Gasteiger partial charge on any atom is -0.445 e. The number of nitrogens with zero attached hydrogens (tertiary/aromatic N) is 1. The summed E-state index contributed by atoms with van der Waals surface area (Å²) in [5, 5.41) is 0. The highest BCUT2D eigenvalue weighted by Gasteiger charge is 2.19. The van der Waals surface area contributed by atoms with E-state index in [1.54, 1.807) is 29.2 Å². The third kappa shape index (κ3) is 5.82. The first-order chi connectivity index (χ1) is 11.4. The van der Waals surface area contributed by atoms with Gasteiger partial charge in [-0.15, -0.1) is 0 Å². The van der Waals surface area contributed by atoms with Gasteiger partial charge in [0, 0.05) is 13.1 Å². The Hall–Kier alpha value is -1.56. The molecule has 0 aliphatic heterocycles. The van der Waals surface area contributed by atoms with Gasteiger partial charge >= 0.3 is 6.09 Å². The molecule has 0 spiro atoms. The second-order valence-electron chi connectivity index (χ2n) is 5.83. The molecule has 6 heteroatoms. The molecule has 0 unspecified atom stereocenters. The summed E-state index contributed by atoms with van der Waals surface area (Å²) < 4.78 is 30.1. The molecule has 1 aromatic carbocycles. The van der Waals surface area contributed by atoms with Crippen LogP contribution < -0.4 is 0 Å². The third-order valence-electron chi connectivity index (χ3n) is 4.28. The summed E-state index contributed by atoms with van der Waals surface area (Å²) in [6, 6.07) is 6.60. The van der Waals surface area contributed by atoms with Crippen LogP contribution >= 0.6 is 0 Å². The van der Waals surface area contributed by atoms with Crippen molar-refractivity contribution in [1.29, 1.82) is 0 Å². The van der Waals surface area contributed by atoms with E-state index in [9.17, 15) is 13.2 Å². The highest BCUT2D eigenvalue weighted by molar-refractivity contribution is 7.91. The molecule has 5 nitrogen and oxygen atoms in total. The lowest BCUT2D eigenvalue weighted by Crippen LogP contribution is -2.30. The number of hydrogen-bond acceptors (Lipinski definition) is 4. The largest absolute Gasteiger partial charge is 0.445 e. The first-order valence-corrected chi connectivity index (χ1v) is 10.3. The topological polar surface area (TPSA) is 63.7 Å². The Morgan fingerprint density at radius 2 is 1.58 bits per heavy atom. The van der Waals surface area contributed by atoms with Crippen LogP contribution in [0.2, 0.25) is 0 Å². The van der Waals surface area contributed by atoms with Gasteiger partial charge in [-0.25, -0.2) is 13.2 Å². The summed E-state index contributed by atoms with van der Waals surface area (Å²) in [6.45, 7) is 9.15. The fourth-order valence-electron chi connectivity index (χ4n) is 2.44. The standard InChI is InChI=1S/C18H29NO4S/c1-5-15(6-2)14-24(21,22)17-11-9-16(10-12-17)13-23-18(20)19(7-3)8-4/h9-12,15H,5-8,13-14H2,1-4H3. The van der Waals surface area contributed by atoms with Crippen LogP contribution in [0.25, 0.3) is 0 Å². The van der Waals surface area contributed by atoms with Gasteiger partial charge in [-0.1, -0.05) is 38.8 Å². The van der Waals surface area contributed by atoms with Crippen LogP contribution in [0, 0.1) is 5.92 Å². The lowest BCUT2D eigenvalue weighted by molar-refractivity contribution is 0.0998. The molecule has 136 valence electrons. The van der Waals surface area contributed by atoms with E-state index >= 15 is 0 Å². The summed E-state index contributed by atoms with van der Waals surface area (Å²) in [6.07, 6.45) is 1.36. The number of sulfone groups is 1. The first kappa shape index (κ1) is 20.5. The Morgan fingerprint density at radius 1 is 1.04 bits per heavy atom. The van der Waals surface area contributed by atoms with Gasteiger partial charge < -0.3 is 9.64 Å². The summed E-state index contributed by atoms with van der Waals surface area (Å²) in [5.41, 5.74) is 0.775. The van der Waals surface area contributed by atoms with Gasteiger partial charge in [-0.3, -0.25) is 0 Å². The molecule has 0 saturated heterocycles. The van der Waals surface area contributed by atoms with E-state index in [-0.39, 0.29) is 24.4 Å². The van der Waals surface area contributed by atoms with Gasteiger partial charge in [0.15, 0.2) is 9.84 Å². The Morgan fingerprint density at radius 3 is 2.04 bits per heavy atom. The number of carbonyl (C=O) groups excluding carboxylic acids is 1. The fraction of sp³-hybridized carbons (Fsp3) is 0.611. The molecule has 0 aliphatic carbocycles. The van der Waals surface area contributed by atoms with E-state index in [0.29, 0.717) is 18.0 Å². The van der Waals surface area contributed by atoms with Gasteiger partial charge in [0.25, 0.3) is 0 Å². The van der Waals surface area contributed by atoms with E-state index < -0.39 is 9.84 Å². The molecule has 0 heterocycles. The molecule has 0 atom stereocenters. The average molecular weight is 356 g/mol. The molecule has 0 N–H and O–H groups in total. The van der Waals surface area contributed by atoms with Crippen molar-refractivity contribution in [3.05, 3.63) is 29.8 Å². The number of benzene rings is 1. The molecule has 0 saturated carbocycles. The smallest absolute Gasteiger partial charge is 0.410 e. The predicted molar refractivity (Wildman–Crippen MR) is 95.7 cm³/mol. The van der Waals surface area contributed by atoms with Crippen LogP contribution in [0.4, 0.5) is 4.79 Å². The fourth-order valence-corrected chi connectivity index (χ4v) is 4.28. The van der Waals surface area contributed by atoms with Gasteiger partial charge in [-0.05, 0) is 37.5 Å². The lowest BCUT2D eigenvalue weighted by Gasteiger charge is -2.18. The molecule has 0 fully saturated rings. The summed E-state index contributed by atoms with van der Waals surface area (Å²) >= 11 is 0. The number of amides is 1. The summed E-state index contributed by atoms with van der Waals surface area (Å²) in [4.78, 5) is 13.7. The Bertz CT molecular complexity index is 602. The van der Waals surface area contributed by atoms with E-state index in [2.05, 4.69) is 0 Å². The Kier molecular flexibility index (Phi) is 8.25. The number of carbonyl (C=O) groups is 1. The molecular formula is C18H29NO4S. The maximum absolute atomic E-state index is 12.4. The molecule has 0 bridgehead atoms. The lowest BCUT2D eigenvalue weighted by atomic mass is 10.1. The van der Waals surface area contributed by atoms with Crippen molar-refractivity contribution >= 4 is 15.9 Å². The van der Waals surface area contributed by atoms with E-state index in [0.717, 1.165) is 18.4 Å². The van der Waals surface area contributed by atoms with E-state index in [1.165, 1.54) is 0 Å². The normalized spacial score (nSPS) is 11.5. The predicted octanol–water partition coefficient (Wildman–Crippen LogP) is 3.87. The number of hydrogen-bond donors (Lipinski definition) is 0. The van der Waals surface area contributed by atoms with Crippen LogP contribution in [0.1, 0.15) is 46.1 Å². The molecule has 0 aliphatic rings. The van der Waals surface area contributed by atoms with Gasteiger partial charge in [0.05, 0.1) is 10.6 Å². The van der Waals surface area contributed by atoms with Gasteiger partial charge in [0.1, 0.15) is 6.61 Å². The van der Waals surface area contributed by atoms with Crippen molar-refractivity contribution in [3.8, 4) is 0 Å². The van der Waals surface area contributed by atoms with Crippen molar-refractivity contribution in [2.45, 2.75) is 52.0 Å². The molecule has 0 radical (unpaired) electrons. The number of ether oxygens (including phenoxy) is 1. The van der Waals surface area contributed by atoms with E-state index in [4.69, 9.17) is 4.74 Å². The Labute approximate surface area is 145 Å². The minimum absolute atomic E-state index is 0.141. The molecule has 1 amide bonds. The number of rotatable bonds is 9. The Balaban J connectivity index is 2.70. The SMILES string of the molecule is CCC(CC)CS(=O)(=O)c1ccc(COC(=O)N(CC)CC)cc1. The maximum atomic E-state index is 12.4. The first-order valence-electron chi connectivity index (χ1n) is 8.61. The summed E-state index contributed by atoms with van der Waals surface area (Å²) in [7, 11) is -3.27. The highest BCUT2D eigenvalue weighted by Crippen LogP contribution is 2.19. The average Bonchev–Trinajstić information content (AvgIpc) is 2.59. The summed E-state index contributed by atoms with van der Waals surface area (Å²) in [5.74, 6) is 0.362. The van der Waals surface area contributed by atoms with Crippen molar-refractivity contribution in [2.75, 3.05) is 18.8 Å². The second-order valence-corrected chi connectivity index (χ2v) is 7.87. The molecular weight excluding hydrogens is 326 g/mol. The monoisotopic (exact) mass is 355 g/mol. The van der Waals surface area contributed by atoms with Crippen molar-refractivity contribution in [1.82, 2.24) is 4.90 Å². The highest BCUT2D eigenvalue weighted by atomic mass is 32.2. The van der Waals surface area contributed by atoms with Crippen LogP contribution in [-0.2, 0) is 21.2 Å². The van der Waals surface area contributed by atoms with Gasteiger partial charge in [0.2, 0.25) is 0 Å². The van der Waals surface area contributed by atoms with Crippen molar-refractivity contribution in [3.63, 3.8) is 0 Å². The molecule has 0 aromatic heterocycles. The van der Waals surface area contributed by atoms with Crippen LogP contribution in [0.5, 0.6) is 0 Å². The zero-order valence-corrected chi connectivity index (χ0v) is 15.9. The zero-order chi connectivity index (χ0) is 18.2. The second kappa shape index (κ2) is 9.67. The van der Waals surface area contributed by atoms with E-state index in [1.807, 2.05) is 27.7 Å². The third-order valence-corrected chi connectivity index (χ3v) is 6.18. The minimum atomic E-state index is -3.27. The van der Waals surface area contributed by atoms with Crippen LogP contribution in [0.15, 0.2) is 29.2 Å². The maximum Gasteiger partial charge on any atom is 0.410 e. The van der Waals surface area contributed by atoms with Crippen molar-refractivity contribution in [2.24, 2.45) is 5.92 Å². The molecule has 1 aromatic rings. The van der Waals surface area contributed by atoms with Crippen LogP contribution in [0.3, 0.4) is 0 Å².